The van der Waals surface area contributed by atoms with Gasteiger partial charge in [0.1, 0.15) is 5.82 Å². The van der Waals surface area contributed by atoms with Gasteiger partial charge in [0.25, 0.3) is 0 Å². The molecule has 0 fully saturated rings. The third kappa shape index (κ3) is 4.91. The summed E-state index contributed by atoms with van der Waals surface area (Å²) >= 11 is 9.30. The number of rotatable bonds is 5. The maximum absolute atomic E-state index is 10.5. The van der Waals surface area contributed by atoms with Crippen molar-refractivity contribution in [2.75, 3.05) is 5.32 Å². The number of hydrogen-bond acceptors (Lipinski definition) is 3. The summed E-state index contributed by atoms with van der Waals surface area (Å²) < 4.78 is 0.802. The van der Waals surface area contributed by atoms with E-state index in [-0.39, 0.29) is 12.0 Å². The smallest absolute Gasteiger partial charge is 0.303 e. The molecule has 94 valence electrons. The van der Waals surface area contributed by atoms with Crippen molar-refractivity contribution in [2.45, 2.75) is 32.2 Å². The molecule has 4 nitrogen and oxygen atoms in total. The molecule has 6 heteroatoms. The van der Waals surface area contributed by atoms with Crippen LogP contribution in [0.2, 0.25) is 5.02 Å². The summed E-state index contributed by atoms with van der Waals surface area (Å²) in [6.07, 6.45) is 2.24. The van der Waals surface area contributed by atoms with Crippen LogP contribution in [0.25, 0.3) is 0 Å². The molecular formula is C11H14BrClN2O2. The first-order valence-corrected chi connectivity index (χ1v) is 6.28. The van der Waals surface area contributed by atoms with Gasteiger partial charge in [0.05, 0.1) is 5.02 Å². The Morgan fingerprint density at radius 2 is 2.29 bits per heavy atom. The van der Waals surface area contributed by atoms with Gasteiger partial charge in [0.2, 0.25) is 0 Å². The molecule has 0 spiro atoms. The van der Waals surface area contributed by atoms with Crippen molar-refractivity contribution in [2.24, 2.45) is 0 Å². The lowest BCUT2D eigenvalue weighted by molar-refractivity contribution is -0.137. The first kappa shape index (κ1) is 14.3. The van der Waals surface area contributed by atoms with Gasteiger partial charge in [0, 0.05) is 22.6 Å². The van der Waals surface area contributed by atoms with E-state index in [2.05, 4.69) is 26.2 Å². The van der Waals surface area contributed by atoms with Crippen molar-refractivity contribution in [3.8, 4) is 0 Å². The lowest BCUT2D eigenvalue weighted by Gasteiger charge is -2.26. The first-order valence-electron chi connectivity index (χ1n) is 5.11. The van der Waals surface area contributed by atoms with Crippen LogP contribution in [0.3, 0.4) is 0 Å². The molecule has 0 aliphatic rings. The fraction of sp³-hybridized carbons (Fsp3) is 0.455. The van der Waals surface area contributed by atoms with Gasteiger partial charge in [-0.2, -0.15) is 0 Å². The number of nitrogens with one attached hydrogen (secondary N) is 1. The number of carboxylic acids is 1. The lowest BCUT2D eigenvalue weighted by Crippen LogP contribution is -2.32. The van der Waals surface area contributed by atoms with Crippen LogP contribution in [0.5, 0.6) is 0 Å². The molecule has 17 heavy (non-hydrogen) atoms. The van der Waals surface area contributed by atoms with E-state index < -0.39 is 5.97 Å². The number of hydrogen-bond donors (Lipinski definition) is 2. The zero-order valence-corrected chi connectivity index (χ0v) is 12.0. The Morgan fingerprint density at radius 3 is 2.82 bits per heavy atom. The maximum Gasteiger partial charge on any atom is 0.303 e. The van der Waals surface area contributed by atoms with Gasteiger partial charge in [-0.15, -0.1) is 0 Å². The Balaban J connectivity index is 2.72. The van der Waals surface area contributed by atoms with E-state index in [0.29, 0.717) is 17.3 Å². The number of nitrogens with zero attached hydrogens (tertiary/aromatic N) is 1. The summed E-state index contributed by atoms with van der Waals surface area (Å²) in [4.78, 5) is 14.7. The highest BCUT2D eigenvalue weighted by Gasteiger charge is 2.20. The molecule has 0 aliphatic heterocycles. The van der Waals surface area contributed by atoms with Gasteiger partial charge in [-0.05, 0) is 42.3 Å². The molecule has 0 amide bonds. The standard InChI is InChI=1S/C11H14BrClN2O2/c1-11(2,4-3-9(16)17)15-10-8(13)5-7(12)6-14-10/h5-6H,3-4H2,1-2H3,(H,14,15)(H,16,17). The Labute approximate surface area is 114 Å². The molecule has 0 saturated carbocycles. The molecule has 1 rings (SSSR count). The first-order chi connectivity index (χ1) is 7.80. The normalized spacial score (nSPS) is 11.3. The summed E-state index contributed by atoms with van der Waals surface area (Å²) in [6.45, 7) is 3.83. The number of anilines is 1. The molecule has 0 aliphatic carbocycles. The predicted molar refractivity (Wildman–Crippen MR) is 71.5 cm³/mol. The average Bonchev–Trinajstić information content (AvgIpc) is 2.20. The minimum absolute atomic E-state index is 0.105. The molecule has 1 aromatic heterocycles. The Kier molecular flexibility index (Phi) is 4.77. The van der Waals surface area contributed by atoms with Crippen LogP contribution in [-0.2, 0) is 4.79 Å². The van der Waals surface area contributed by atoms with E-state index in [1.54, 1.807) is 12.3 Å². The molecule has 2 N–H and O–H groups in total. The van der Waals surface area contributed by atoms with Gasteiger partial charge >= 0.3 is 5.97 Å². The summed E-state index contributed by atoms with van der Waals surface area (Å²) in [5, 5.41) is 12.3. The van der Waals surface area contributed by atoms with Crippen molar-refractivity contribution < 1.29 is 9.90 Å². The van der Waals surface area contributed by atoms with Gasteiger partial charge < -0.3 is 10.4 Å². The van der Waals surface area contributed by atoms with Crippen molar-refractivity contribution in [3.05, 3.63) is 21.8 Å². The minimum atomic E-state index is -0.810. The molecule has 0 saturated heterocycles. The second-order valence-electron chi connectivity index (χ2n) is 4.39. The molecule has 0 unspecified atom stereocenters. The second-order valence-corrected chi connectivity index (χ2v) is 5.71. The molecule has 0 radical (unpaired) electrons. The van der Waals surface area contributed by atoms with E-state index in [1.807, 2.05) is 13.8 Å². The molecular weight excluding hydrogens is 307 g/mol. The van der Waals surface area contributed by atoms with E-state index in [0.717, 1.165) is 4.47 Å². The van der Waals surface area contributed by atoms with Crippen molar-refractivity contribution in [3.63, 3.8) is 0 Å². The van der Waals surface area contributed by atoms with Gasteiger partial charge in [0.15, 0.2) is 0 Å². The lowest BCUT2D eigenvalue weighted by atomic mass is 9.98. The minimum Gasteiger partial charge on any atom is -0.481 e. The summed E-state index contributed by atoms with van der Waals surface area (Å²) in [7, 11) is 0. The SMILES string of the molecule is CC(C)(CCC(=O)O)Nc1ncc(Br)cc1Cl. The van der Waals surface area contributed by atoms with Crippen LogP contribution in [0, 0.1) is 0 Å². The Morgan fingerprint density at radius 1 is 1.65 bits per heavy atom. The van der Waals surface area contributed by atoms with Crippen LogP contribution in [0.4, 0.5) is 5.82 Å². The zero-order chi connectivity index (χ0) is 13.1. The molecule has 0 atom stereocenters. The van der Waals surface area contributed by atoms with Crippen LogP contribution in [0.1, 0.15) is 26.7 Å². The Bertz CT molecular complexity index is 424. The number of halogens is 2. The van der Waals surface area contributed by atoms with Gasteiger partial charge in [-0.1, -0.05) is 11.6 Å². The second kappa shape index (κ2) is 5.69. The highest BCUT2D eigenvalue weighted by molar-refractivity contribution is 9.10. The number of aliphatic carboxylic acids is 1. The van der Waals surface area contributed by atoms with Gasteiger partial charge in [-0.25, -0.2) is 4.98 Å². The van der Waals surface area contributed by atoms with Crippen molar-refractivity contribution in [1.29, 1.82) is 0 Å². The van der Waals surface area contributed by atoms with Crippen LogP contribution in [-0.4, -0.2) is 21.6 Å². The van der Waals surface area contributed by atoms with E-state index in [1.165, 1.54) is 0 Å². The number of aromatic nitrogens is 1. The van der Waals surface area contributed by atoms with E-state index in [9.17, 15) is 4.79 Å². The highest BCUT2D eigenvalue weighted by atomic mass is 79.9. The summed E-state index contributed by atoms with van der Waals surface area (Å²) in [5.41, 5.74) is -0.372. The van der Waals surface area contributed by atoms with Crippen molar-refractivity contribution >= 4 is 39.3 Å². The number of carbonyl (C=O) groups is 1. The van der Waals surface area contributed by atoms with E-state index >= 15 is 0 Å². The monoisotopic (exact) mass is 320 g/mol. The number of pyridine rings is 1. The highest BCUT2D eigenvalue weighted by Crippen LogP contribution is 2.26. The topological polar surface area (TPSA) is 62.2 Å². The van der Waals surface area contributed by atoms with Crippen LogP contribution in [0.15, 0.2) is 16.7 Å². The largest absolute Gasteiger partial charge is 0.481 e. The van der Waals surface area contributed by atoms with Gasteiger partial charge in [-0.3, -0.25) is 4.79 Å². The zero-order valence-electron chi connectivity index (χ0n) is 9.63. The fourth-order valence-electron chi connectivity index (χ4n) is 1.31. The summed E-state index contributed by atoms with van der Waals surface area (Å²) in [5.74, 6) is -0.250. The van der Waals surface area contributed by atoms with E-state index in [4.69, 9.17) is 16.7 Å². The van der Waals surface area contributed by atoms with Crippen molar-refractivity contribution in [1.82, 2.24) is 4.98 Å². The molecule has 0 aromatic carbocycles. The predicted octanol–water partition coefficient (Wildman–Crippen LogP) is 3.55. The van der Waals surface area contributed by atoms with Crippen LogP contribution < -0.4 is 5.32 Å². The third-order valence-corrected chi connectivity index (χ3v) is 2.95. The number of carboxylic acid groups (broad SMARTS) is 1. The average molecular weight is 322 g/mol. The fourth-order valence-corrected chi connectivity index (χ4v) is 1.99. The quantitative estimate of drug-likeness (QED) is 0.870. The molecule has 1 aromatic rings. The molecule has 0 bridgehead atoms. The molecule has 1 heterocycles. The van der Waals surface area contributed by atoms with Crippen LogP contribution >= 0.6 is 27.5 Å². The Hall–Kier alpha value is -0.810. The third-order valence-electron chi connectivity index (χ3n) is 2.23. The summed E-state index contributed by atoms with van der Waals surface area (Å²) in [6, 6.07) is 1.74. The maximum atomic E-state index is 10.5.